The predicted octanol–water partition coefficient (Wildman–Crippen LogP) is 5.26. The lowest BCUT2D eigenvalue weighted by atomic mass is 9.74. The van der Waals surface area contributed by atoms with E-state index in [0.717, 1.165) is 62.6 Å². The highest BCUT2D eigenvalue weighted by Crippen LogP contribution is 2.40. The summed E-state index contributed by atoms with van der Waals surface area (Å²) < 4.78 is 5.36. The molecule has 3 heterocycles. The number of ether oxygens (including phenoxy) is 1. The number of likely N-dealkylation sites (tertiary alicyclic amines) is 1. The summed E-state index contributed by atoms with van der Waals surface area (Å²) in [4.78, 5) is 11.2. The van der Waals surface area contributed by atoms with Crippen LogP contribution < -0.4 is 4.74 Å². The molecule has 0 unspecified atom stereocenters. The van der Waals surface area contributed by atoms with Gasteiger partial charge in [0.15, 0.2) is 0 Å². The van der Waals surface area contributed by atoms with Crippen molar-refractivity contribution in [2.45, 2.75) is 51.0 Å². The average molecular weight is 504 g/mol. The quantitative estimate of drug-likeness (QED) is 0.347. The van der Waals surface area contributed by atoms with Crippen molar-refractivity contribution in [2.75, 3.05) is 33.4 Å². The number of hydrogen-bond donors (Lipinski definition) is 2. The van der Waals surface area contributed by atoms with E-state index in [4.69, 9.17) is 16.3 Å². The Morgan fingerprint density at radius 3 is 2.76 bits per heavy atom. The molecule has 0 radical (unpaired) electrons. The number of aliphatic hydroxyl groups excluding tert-OH is 2. The molecule has 0 spiro atoms. The van der Waals surface area contributed by atoms with Gasteiger partial charge in [0.2, 0.25) is 0 Å². The number of methoxy groups -OCH3 is 1. The van der Waals surface area contributed by atoms with Crippen molar-refractivity contribution in [3.05, 3.63) is 51.6 Å². The third-order valence-electron chi connectivity index (χ3n) is 7.20. The third-order valence-corrected chi connectivity index (χ3v) is 8.34. The van der Waals surface area contributed by atoms with Crippen molar-refractivity contribution < 1.29 is 14.9 Å². The van der Waals surface area contributed by atoms with Crippen molar-refractivity contribution in [3.8, 4) is 5.75 Å². The third kappa shape index (κ3) is 6.07. The second-order valence-electron chi connectivity index (χ2n) is 9.34. The maximum atomic E-state index is 11.1. The Kier molecular flexibility index (Phi) is 8.77. The van der Waals surface area contributed by atoms with Crippen LogP contribution in [-0.4, -0.2) is 58.4 Å². The topological polar surface area (TPSA) is 78.7 Å². The molecule has 184 valence electrons. The maximum Gasteiger partial charge on any atom is 0.119 e. The van der Waals surface area contributed by atoms with Crippen LogP contribution in [0.1, 0.15) is 55.2 Å². The van der Waals surface area contributed by atoms with Crippen LogP contribution in [0.25, 0.3) is 10.9 Å². The van der Waals surface area contributed by atoms with Gasteiger partial charge < -0.3 is 19.8 Å². The monoisotopic (exact) mass is 503 g/mol. The van der Waals surface area contributed by atoms with Crippen LogP contribution in [0.3, 0.4) is 0 Å². The summed E-state index contributed by atoms with van der Waals surface area (Å²) in [5, 5.41) is 25.9. The fourth-order valence-corrected chi connectivity index (χ4v) is 5.89. The minimum Gasteiger partial charge on any atom is -0.497 e. The van der Waals surface area contributed by atoms with Crippen LogP contribution >= 0.6 is 22.9 Å². The molecule has 0 bridgehead atoms. The fourth-order valence-electron chi connectivity index (χ4n) is 4.95. The molecule has 1 fully saturated rings. The molecule has 8 heteroatoms. The van der Waals surface area contributed by atoms with E-state index in [9.17, 15) is 10.2 Å². The molecule has 1 atom stereocenters. The van der Waals surface area contributed by atoms with Crippen LogP contribution in [0.15, 0.2) is 36.0 Å². The number of thiazole rings is 1. The van der Waals surface area contributed by atoms with Crippen molar-refractivity contribution in [2.24, 2.45) is 5.41 Å². The van der Waals surface area contributed by atoms with Gasteiger partial charge >= 0.3 is 0 Å². The second-order valence-corrected chi connectivity index (χ2v) is 10.7. The Bertz CT molecular complexity index is 1050. The van der Waals surface area contributed by atoms with E-state index in [1.54, 1.807) is 24.6 Å². The number of unbranched alkanes of at least 4 members (excludes halogenated alkanes) is 1. The first-order chi connectivity index (χ1) is 16.5. The van der Waals surface area contributed by atoms with Gasteiger partial charge in [-0.25, -0.2) is 4.98 Å². The van der Waals surface area contributed by atoms with Gasteiger partial charge in [0.1, 0.15) is 5.75 Å². The number of rotatable bonds is 11. The van der Waals surface area contributed by atoms with Gasteiger partial charge in [0.25, 0.3) is 0 Å². The molecule has 1 aromatic carbocycles. The number of benzene rings is 1. The molecule has 1 aliphatic rings. The Labute approximate surface area is 210 Å². The molecule has 1 aliphatic heterocycles. The summed E-state index contributed by atoms with van der Waals surface area (Å²) in [5.41, 5.74) is 1.32. The van der Waals surface area contributed by atoms with Gasteiger partial charge in [0, 0.05) is 35.3 Å². The highest BCUT2D eigenvalue weighted by atomic mass is 35.5. The van der Waals surface area contributed by atoms with Crippen LogP contribution in [0.5, 0.6) is 5.75 Å². The van der Waals surface area contributed by atoms with E-state index in [-0.39, 0.29) is 12.0 Å². The van der Waals surface area contributed by atoms with Gasteiger partial charge in [-0.05, 0) is 88.2 Å². The number of aliphatic hydroxyl groups is 2. The van der Waals surface area contributed by atoms with E-state index in [1.807, 2.05) is 29.8 Å². The van der Waals surface area contributed by atoms with E-state index in [2.05, 4.69) is 14.9 Å². The predicted molar refractivity (Wildman–Crippen MR) is 138 cm³/mol. The highest BCUT2D eigenvalue weighted by Gasteiger charge is 2.34. The molecular weight excluding hydrogens is 470 g/mol. The molecular formula is C26H34ClN3O3S. The molecule has 4 rings (SSSR count). The zero-order chi connectivity index (χ0) is 24.0. The van der Waals surface area contributed by atoms with Crippen molar-refractivity contribution in [1.29, 1.82) is 0 Å². The minimum atomic E-state index is -0.725. The lowest BCUT2D eigenvalue weighted by Gasteiger charge is -2.41. The molecule has 0 saturated carbocycles. The van der Waals surface area contributed by atoms with E-state index in [0.29, 0.717) is 22.8 Å². The maximum absolute atomic E-state index is 11.1. The van der Waals surface area contributed by atoms with Crippen LogP contribution in [0, 0.1) is 5.41 Å². The lowest BCUT2D eigenvalue weighted by molar-refractivity contribution is 0.0233. The summed E-state index contributed by atoms with van der Waals surface area (Å²) in [5.74, 6) is 0.705. The van der Waals surface area contributed by atoms with Crippen LogP contribution in [0.2, 0.25) is 5.02 Å². The average Bonchev–Trinajstić information content (AvgIpc) is 3.39. The number of pyridine rings is 1. The van der Waals surface area contributed by atoms with Crippen LogP contribution in [0.4, 0.5) is 0 Å². The van der Waals surface area contributed by atoms with Gasteiger partial charge in [0.05, 0.1) is 28.8 Å². The fraction of sp³-hybridized carbons (Fsp3) is 0.538. The lowest BCUT2D eigenvalue weighted by Crippen LogP contribution is -2.42. The number of hydrogen-bond acceptors (Lipinski definition) is 7. The number of halogens is 1. The van der Waals surface area contributed by atoms with Crippen molar-refractivity contribution in [3.63, 3.8) is 0 Å². The number of aryl methyl sites for hydroxylation is 1. The number of piperidine rings is 1. The molecule has 6 nitrogen and oxygen atoms in total. The minimum absolute atomic E-state index is 0.147. The number of nitrogens with zero attached hydrogens (tertiary/aromatic N) is 3. The highest BCUT2D eigenvalue weighted by molar-refractivity contribution is 7.09. The molecule has 1 saturated heterocycles. The zero-order valence-corrected chi connectivity index (χ0v) is 21.3. The van der Waals surface area contributed by atoms with Crippen LogP contribution in [-0.2, 0) is 6.42 Å². The molecule has 0 amide bonds. The molecule has 0 aliphatic carbocycles. The number of fused-ring (bicyclic) bond motifs is 1. The number of aromatic nitrogens is 2. The standard InChI is InChI=1S/C26H34ClN3O3S/c1-33-19-5-6-22-20(16-19)25(21(27)17-29-22)23(32)7-8-26(18-31)9-13-30(14-10-26)12-3-2-4-24-28-11-15-34-24/h5-6,11,15-17,23,31-32H,2-4,7-10,12-14,18H2,1H3/t23-/m1/s1. The molecule has 2 aromatic heterocycles. The van der Waals surface area contributed by atoms with E-state index in [1.165, 1.54) is 11.4 Å². The van der Waals surface area contributed by atoms with Crippen molar-refractivity contribution >= 4 is 33.8 Å². The summed E-state index contributed by atoms with van der Waals surface area (Å²) in [7, 11) is 1.62. The second kappa shape index (κ2) is 11.8. The molecule has 34 heavy (non-hydrogen) atoms. The smallest absolute Gasteiger partial charge is 0.119 e. The van der Waals surface area contributed by atoms with E-state index >= 15 is 0 Å². The summed E-state index contributed by atoms with van der Waals surface area (Å²) >= 11 is 8.20. The Morgan fingerprint density at radius 2 is 2.06 bits per heavy atom. The normalized spacial score (nSPS) is 17.2. The Hall–Kier alpha value is -1.77. The summed E-state index contributed by atoms with van der Waals surface area (Å²) in [6, 6.07) is 5.61. The first-order valence-corrected chi connectivity index (χ1v) is 13.3. The van der Waals surface area contributed by atoms with Gasteiger partial charge in [-0.2, -0.15) is 0 Å². The Balaban J connectivity index is 1.31. The first-order valence-electron chi connectivity index (χ1n) is 12.1. The Morgan fingerprint density at radius 1 is 1.24 bits per heavy atom. The summed E-state index contributed by atoms with van der Waals surface area (Å²) in [6.07, 6.45) is 9.33. The SMILES string of the molecule is COc1ccc2ncc(Cl)c([C@H](O)CCC3(CO)CCN(CCCCc4nccs4)CC3)c2c1. The van der Waals surface area contributed by atoms with Gasteiger partial charge in [-0.1, -0.05) is 11.6 Å². The largest absolute Gasteiger partial charge is 0.497 e. The molecule has 3 aromatic rings. The molecule has 2 N–H and O–H groups in total. The van der Waals surface area contributed by atoms with E-state index < -0.39 is 6.10 Å². The first kappa shape index (κ1) is 25.3. The zero-order valence-electron chi connectivity index (χ0n) is 19.8. The van der Waals surface area contributed by atoms with Gasteiger partial charge in [-0.15, -0.1) is 11.3 Å². The van der Waals surface area contributed by atoms with Crippen molar-refractivity contribution in [1.82, 2.24) is 14.9 Å². The summed E-state index contributed by atoms with van der Waals surface area (Å²) in [6.45, 7) is 3.22. The van der Waals surface area contributed by atoms with Gasteiger partial charge in [-0.3, -0.25) is 4.98 Å².